The number of nitrogens with one attached hydrogen (secondary N) is 1. The summed E-state index contributed by atoms with van der Waals surface area (Å²) in [4.78, 5) is 10.5. The molecule has 0 saturated heterocycles. The molecule has 102 valence electrons. The highest BCUT2D eigenvalue weighted by molar-refractivity contribution is 7.87. The van der Waals surface area contributed by atoms with Crippen molar-refractivity contribution in [2.24, 2.45) is 5.92 Å². The maximum Gasteiger partial charge on any atom is 0.306 e. The number of carboxylic acids is 1. The molecule has 0 aromatic carbocycles. The first-order chi connectivity index (χ1) is 7.81. The van der Waals surface area contributed by atoms with Gasteiger partial charge in [0.2, 0.25) is 0 Å². The summed E-state index contributed by atoms with van der Waals surface area (Å²) in [5.74, 6) is -1.46. The number of carboxylic acid groups (broad SMARTS) is 1. The molecule has 6 nitrogen and oxygen atoms in total. The van der Waals surface area contributed by atoms with E-state index < -0.39 is 22.1 Å². The van der Waals surface area contributed by atoms with Crippen LogP contribution >= 0.6 is 0 Å². The topological polar surface area (TPSA) is 86.7 Å². The van der Waals surface area contributed by atoms with Gasteiger partial charge in [0, 0.05) is 20.1 Å². The summed E-state index contributed by atoms with van der Waals surface area (Å²) >= 11 is 0. The summed E-state index contributed by atoms with van der Waals surface area (Å²) in [5.41, 5.74) is 0. The lowest BCUT2D eigenvalue weighted by Crippen LogP contribution is -2.39. The molecule has 0 heterocycles. The van der Waals surface area contributed by atoms with E-state index in [2.05, 4.69) is 4.72 Å². The minimum absolute atomic E-state index is 0.145. The molecule has 0 fully saturated rings. The van der Waals surface area contributed by atoms with Gasteiger partial charge in [-0.25, -0.2) is 4.72 Å². The average Bonchev–Trinajstić information content (AvgIpc) is 2.25. The van der Waals surface area contributed by atoms with Gasteiger partial charge in [0.15, 0.2) is 0 Å². The van der Waals surface area contributed by atoms with Crippen LogP contribution in [-0.2, 0) is 15.0 Å². The van der Waals surface area contributed by atoms with Crippen molar-refractivity contribution in [1.29, 1.82) is 0 Å². The van der Waals surface area contributed by atoms with Crippen LogP contribution in [0.5, 0.6) is 0 Å². The van der Waals surface area contributed by atoms with Gasteiger partial charge >= 0.3 is 5.97 Å². The fraction of sp³-hybridized carbons (Fsp3) is 0.900. The summed E-state index contributed by atoms with van der Waals surface area (Å²) in [6, 6.07) is 0. The Labute approximate surface area is 103 Å². The summed E-state index contributed by atoms with van der Waals surface area (Å²) in [6.07, 6.45) is 2.02. The lowest BCUT2D eigenvalue weighted by molar-refractivity contribution is -0.141. The first-order valence-electron chi connectivity index (χ1n) is 5.75. The second kappa shape index (κ2) is 7.62. The molecule has 17 heavy (non-hydrogen) atoms. The van der Waals surface area contributed by atoms with Gasteiger partial charge in [-0.05, 0) is 12.8 Å². The Bertz CT molecular complexity index is 329. The Balaban J connectivity index is 4.05. The van der Waals surface area contributed by atoms with E-state index in [1.165, 1.54) is 11.4 Å². The molecule has 0 aromatic rings. The van der Waals surface area contributed by atoms with Crippen molar-refractivity contribution in [3.05, 3.63) is 0 Å². The van der Waals surface area contributed by atoms with E-state index in [9.17, 15) is 13.2 Å². The molecule has 1 unspecified atom stereocenters. The van der Waals surface area contributed by atoms with Gasteiger partial charge in [0.05, 0.1) is 5.92 Å². The van der Waals surface area contributed by atoms with E-state index in [0.717, 1.165) is 12.8 Å². The molecule has 0 radical (unpaired) electrons. The molecule has 1 atom stereocenters. The number of hydrogen-bond acceptors (Lipinski definition) is 3. The lowest BCUT2D eigenvalue weighted by atomic mass is 10.1. The number of rotatable bonds is 9. The van der Waals surface area contributed by atoms with Gasteiger partial charge in [0.1, 0.15) is 0 Å². The van der Waals surface area contributed by atoms with Crippen molar-refractivity contribution in [2.45, 2.75) is 33.1 Å². The van der Waals surface area contributed by atoms with Crippen LogP contribution < -0.4 is 4.72 Å². The van der Waals surface area contributed by atoms with Crippen LogP contribution in [0.25, 0.3) is 0 Å². The molecule has 0 bridgehead atoms. The SMILES string of the molecule is CCCCN(C)S(=O)(=O)NCCC(C)C(=O)O. The second-order valence-electron chi connectivity index (χ2n) is 4.10. The van der Waals surface area contributed by atoms with Crippen molar-refractivity contribution in [3.8, 4) is 0 Å². The molecule has 2 N–H and O–H groups in total. The Kier molecular flexibility index (Phi) is 7.33. The molecule has 0 aliphatic carbocycles. The standard InChI is InChI=1S/C10H22N2O4S/c1-4-5-8-12(3)17(15,16)11-7-6-9(2)10(13)14/h9,11H,4-8H2,1-3H3,(H,13,14). The van der Waals surface area contributed by atoms with Crippen LogP contribution in [0.4, 0.5) is 0 Å². The minimum atomic E-state index is -3.46. The van der Waals surface area contributed by atoms with Crippen LogP contribution in [0.2, 0.25) is 0 Å². The monoisotopic (exact) mass is 266 g/mol. The van der Waals surface area contributed by atoms with E-state index in [0.29, 0.717) is 6.54 Å². The highest BCUT2D eigenvalue weighted by Crippen LogP contribution is 2.02. The Hall–Kier alpha value is -0.660. The van der Waals surface area contributed by atoms with Gasteiger partial charge in [-0.1, -0.05) is 20.3 Å². The summed E-state index contributed by atoms with van der Waals surface area (Å²) in [6.45, 7) is 4.16. The molecule has 0 aromatic heterocycles. The number of carbonyl (C=O) groups is 1. The van der Waals surface area contributed by atoms with E-state index in [1.807, 2.05) is 6.92 Å². The zero-order valence-electron chi connectivity index (χ0n) is 10.6. The lowest BCUT2D eigenvalue weighted by Gasteiger charge is -2.17. The number of aliphatic carboxylic acids is 1. The second-order valence-corrected chi connectivity index (χ2v) is 5.96. The van der Waals surface area contributed by atoms with Gasteiger partial charge in [-0.2, -0.15) is 12.7 Å². The quantitative estimate of drug-likeness (QED) is 0.642. The zero-order valence-corrected chi connectivity index (χ0v) is 11.5. The van der Waals surface area contributed by atoms with E-state index in [-0.39, 0.29) is 13.0 Å². The summed E-state index contributed by atoms with van der Waals surface area (Å²) < 4.78 is 27.0. The predicted molar refractivity (Wildman–Crippen MR) is 65.9 cm³/mol. The molecule has 0 aliphatic heterocycles. The number of nitrogens with zero attached hydrogens (tertiary/aromatic N) is 1. The Morgan fingerprint density at radius 3 is 2.53 bits per heavy atom. The first kappa shape index (κ1) is 16.3. The highest BCUT2D eigenvalue weighted by atomic mass is 32.2. The van der Waals surface area contributed by atoms with E-state index in [4.69, 9.17) is 5.11 Å². The molecular formula is C10H22N2O4S. The Morgan fingerprint density at radius 2 is 2.06 bits per heavy atom. The third kappa shape index (κ3) is 6.60. The van der Waals surface area contributed by atoms with Crippen LogP contribution in [0.15, 0.2) is 0 Å². The third-order valence-corrected chi connectivity index (χ3v) is 4.09. The van der Waals surface area contributed by atoms with E-state index >= 15 is 0 Å². The number of hydrogen-bond donors (Lipinski definition) is 2. The van der Waals surface area contributed by atoms with Gasteiger partial charge in [-0.15, -0.1) is 0 Å². The zero-order chi connectivity index (χ0) is 13.5. The van der Waals surface area contributed by atoms with Crippen LogP contribution in [0, 0.1) is 5.92 Å². The van der Waals surface area contributed by atoms with Crippen LogP contribution in [0.3, 0.4) is 0 Å². The normalized spacial score (nSPS) is 13.9. The van der Waals surface area contributed by atoms with Crippen molar-refractivity contribution in [1.82, 2.24) is 9.03 Å². The fourth-order valence-electron chi connectivity index (χ4n) is 1.14. The summed E-state index contributed by atoms with van der Waals surface area (Å²) in [5, 5.41) is 8.65. The molecule has 0 aliphatic rings. The predicted octanol–water partition coefficient (Wildman–Crippen LogP) is 0.664. The van der Waals surface area contributed by atoms with Crippen molar-refractivity contribution >= 4 is 16.2 Å². The third-order valence-electron chi connectivity index (χ3n) is 2.52. The number of unbranched alkanes of at least 4 members (excludes halogenated alkanes) is 1. The smallest absolute Gasteiger partial charge is 0.306 e. The molecule has 7 heteroatoms. The van der Waals surface area contributed by atoms with Gasteiger partial charge < -0.3 is 5.11 Å². The molecule has 0 saturated carbocycles. The van der Waals surface area contributed by atoms with E-state index in [1.54, 1.807) is 6.92 Å². The van der Waals surface area contributed by atoms with Gasteiger partial charge in [0.25, 0.3) is 10.2 Å². The summed E-state index contributed by atoms with van der Waals surface area (Å²) in [7, 11) is -1.95. The Morgan fingerprint density at radius 1 is 1.47 bits per heavy atom. The largest absolute Gasteiger partial charge is 0.481 e. The van der Waals surface area contributed by atoms with Gasteiger partial charge in [-0.3, -0.25) is 4.79 Å². The minimum Gasteiger partial charge on any atom is -0.481 e. The molecular weight excluding hydrogens is 244 g/mol. The van der Waals surface area contributed by atoms with Crippen molar-refractivity contribution in [2.75, 3.05) is 20.1 Å². The van der Waals surface area contributed by atoms with Crippen LogP contribution in [0.1, 0.15) is 33.1 Å². The van der Waals surface area contributed by atoms with Crippen molar-refractivity contribution in [3.63, 3.8) is 0 Å². The van der Waals surface area contributed by atoms with Crippen LogP contribution in [-0.4, -0.2) is 43.9 Å². The molecule has 0 rings (SSSR count). The van der Waals surface area contributed by atoms with Crippen molar-refractivity contribution < 1.29 is 18.3 Å². The maximum absolute atomic E-state index is 11.7. The maximum atomic E-state index is 11.7. The first-order valence-corrected chi connectivity index (χ1v) is 7.19. The fourth-order valence-corrected chi connectivity index (χ4v) is 2.10. The average molecular weight is 266 g/mol. The highest BCUT2D eigenvalue weighted by Gasteiger charge is 2.17. The molecule has 0 amide bonds. The molecule has 0 spiro atoms.